The Labute approximate surface area is 223 Å². The summed E-state index contributed by atoms with van der Waals surface area (Å²) in [7, 11) is -1.86. The standard InChI is InChI=1S/C24H28F2N8O4S/c1-37-17-5-3-4-16-18(17)31-24(30-16,22(25)26)20-19-21(29-23(28-20)32-10-12-38-13-11-32)34(14-27-19)15-6-8-33(9-7-15)39(2,35)36/h3-5,14-15,22H,6-13H2,1-2H3. The fraction of sp³-hybridized carbons (Fsp3) is 0.542. The van der Waals surface area contributed by atoms with Gasteiger partial charge in [-0.05, 0) is 25.0 Å². The third-order valence-electron chi connectivity index (χ3n) is 7.41. The van der Waals surface area contributed by atoms with Crippen LogP contribution in [0.15, 0.2) is 34.5 Å². The largest absolute Gasteiger partial charge is 0.494 e. The van der Waals surface area contributed by atoms with Gasteiger partial charge >= 0.3 is 0 Å². The number of sulfonamides is 1. The second-order valence-electron chi connectivity index (χ2n) is 9.77. The van der Waals surface area contributed by atoms with Crippen LogP contribution in [0.4, 0.5) is 14.7 Å². The molecule has 6 rings (SSSR count). The van der Waals surface area contributed by atoms with Gasteiger partial charge in [-0.3, -0.25) is 0 Å². The number of methoxy groups -OCH3 is 1. The monoisotopic (exact) mass is 562 g/mol. The lowest BCUT2D eigenvalue weighted by atomic mass is 10.1. The summed E-state index contributed by atoms with van der Waals surface area (Å²) >= 11 is 0. The summed E-state index contributed by atoms with van der Waals surface area (Å²) < 4.78 is 68.3. The Morgan fingerprint density at radius 2 is 1.85 bits per heavy atom. The predicted molar refractivity (Wildman–Crippen MR) is 136 cm³/mol. The second kappa shape index (κ2) is 9.71. The number of para-hydroxylation sites is 1. The summed E-state index contributed by atoms with van der Waals surface area (Å²) in [6, 6.07) is 4.81. The Morgan fingerprint density at radius 1 is 1.10 bits per heavy atom. The average molecular weight is 563 g/mol. The summed E-state index contributed by atoms with van der Waals surface area (Å²) in [5.41, 5.74) is -1.86. The van der Waals surface area contributed by atoms with Crippen LogP contribution in [0.25, 0.3) is 11.2 Å². The quantitative estimate of drug-likeness (QED) is 0.428. The van der Waals surface area contributed by atoms with Crippen LogP contribution in [0.3, 0.4) is 0 Å². The van der Waals surface area contributed by atoms with Gasteiger partial charge in [0.25, 0.3) is 12.1 Å². The topological polar surface area (TPSA) is 127 Å². The molecule has 15 heteroatoms. The number of halogens is 2. The first kappa shape index (κ1) is 26.0. The van der Waals surface area contributed by atoms with Crippen LogP contribution < -0.4 is 20.4 Å². The first-order valence-corrected chi connectivity index (χ1v) is 14.5. The van der Waals surface area contributed by atoms with E-state index in [1.54, 1.807) is 24.5 Å². The number of morpholine rings is 1. The maximum Gasteiger partial charge on any atom is 0.289 e. The molecule has 5 heterocycles. The predicted octanol–water partition coefficient (Wildman–Crippen LogP) is 0.639. The van der Waals surface area contributed by atoms with E-state index >= 15 is 8.78 Å². The number of fused-ring (bicyclic) bond motifs is 2. The number of benzene rings is 1. The van der Waals surface area contributed by atoms with Gasteiger partial charge in [-0.2, -0.15) is 4.98 Å². The molecule has 0 radical (unpaired) electrons. The van der Waals surface area contributed by atoms with Crippen molar-refractivity contribution in [3.63, 3.8) is 0 Å². The van der Waals surface area contributed by atoms with Crippen molar-refractivity contribution in [3.8, 4) is 5.75 Å². The van der Waals surface area contributed by atoms with Crippen LogP contribution in [-0.2, 0) is 20.4 Å². The number of rotatable bonds is 6. The van der Waals surface area contributed by atoms with Crippen LogP contribution >= 0.6 is 0 Å². The highest BCUT2D eigenvalue weighted by atomic mass is 32.2. The molecule has 0 amide bonds. The van der Waals surface area contributed by atoms with Crippen molar-refractivity contribution in [3.05, 3.63) is 40.9 Å². The zero-order valence-electron chi connectivity index (χ0n) is 21.5. The van der Waals surface area contributed by atoms with E-state index in [0.717, 1.165) is 0 Å². The number of aromatic nitrogens is 4. The van der Waals surface area contributed by atoms with E-state index in [9.17, 15) is 8.42 Å². The van der Waals surface area contributed by atoms with Crippen LogP contribution in [0, 0.1) is 0 Å². The van der Waals surface area contributed by atoms with E-state index < -0.39 is 22.1 Å². The molecule has 1 unspecified atom stereocenters. The number of piperidine rings is 1. The third-order valence-corrected chi connectivity index (χ3v) is 8.72. The number of hydrogen-bond donors (Lipinski definition) is 0. The molecule has 3 aliphatic rings. The van der Waals surface area contributed by atoms with Gasteiger partial charge in [0.15, 0.2) is 5.65 Å². The molecule has 208 valence electrons. The Morgan fingerprint density at radius 3 is 2.51 bits per heavy atom. The minimum atomic E-state index is -3.30. The van der Waals surface area contributed by atoms with Gasteiger partial charge in [-0.1, -0.05) is 6.07 Å². The van der Waals surface area contributed by atoms with Gasteiger partial charge in [-0.25, -0.2) is 41.5 Å². The first-order chi connectivity index (χ1) is 18.7. The summed E-state index contributed by atoms with van der Waals surface area (Å²) in [6.07, 6.45) is 0.784. The number of hydrogen-bond acceptors (Lipinski definition) is 10. The molecule has 3 aliphatic heterocycles. The zero-order valence-corrected chi connectivity index (χ0v) is 22.3. The van der Waals surface area contributed by atoms with Crippen molar-refractivity contribution in [2.45, 2.75) is 31.0 Å². The fourth-order valence-electron chi connectivity index (χ4n) is 5.35. The molecule has 0 bridgehead atoms. The van der Waals surface area contributed by atoms with Crippen molar-refractivity contribution >= 4 is 27.1 Å². The molecule has 1 atom stereocenters. The van der Waals surface area contributed by atoms with Crippen molar-refractivity contribution in [2.75, 3.05) is 57.7 Å². The molecule has 0 saturated carbocycles. The highest BCUT2D eigenvalue weighted by Crippen LogP contribution is 2.39. The number of anilines is 1. The van der Waals surface area contributed by atoms with Crippen molar-refractivity contribution < 1.29 is 26.7 Å². The summed E-state index contributed by atoms with van der Waals surface area (Å²) in [5.74, 6) is 0.602. The molecule has 2 aromatic heterocycles. The average Bonchev–Trinajstić information content (AvgIpc) is 3.55. The Balaban J connectivity index is 1.52. The first-order valence-electron chi connectivity index (χ1n) is 12.6. The SMILES string of the molecule is COc1cccc2c1=NC(c1nc(N3CCOCC3)nc3c1ncn3C1CCN(S(C)(=O)=O)CC1)(C(F)F)N=2. The lowest BCUT2D eigenvalue weighted by Crippen LogP contribution is -2.39. The van der Waals surface area contributed by atoms with Gasteiger partial charge in [0, 0.05) is 32.2 Å². The minimum absolute atomic E-state index is 0.0884. The maximum absolute atomic E-state index is 15.1. The van der Waals surface area contributed by atoms with Crippen LogP contribution in [0.5, 0.6) is 5.75 Å². The second-order valence-corrected chi connectivity index (χ2v) is 11.7. The number of nitrogens with zero attached hydrogens (tertiary/aromatic N) is 8. The van der Waals surface area contributed by atoms with Gasteiger partial charge < -0.3 is 18.9 Å². The molecule has 0 aliphatic carbocycles. The van der Waals surface area contributed by atoms with Gasteiger partial charge in [0.1, 0.15) is 22.3 Å². The van der Waals surface area contributed by atoms with E-state index in [0.29, 0.717) is 63.6 Å². The van der Waals surface area contributed by atoms with Gasteiger partial charge in [0.05, 0.1) is 38.3 Å². The van der Waals surface area contributed by atoms with E-state index in [4.69, 9.17) is 14.5 Å². The molecule has 12 nitrogen and oxygen atoms in total. The molecule has 3 aromatic rings. The number of alkyl halides is 2. The molecule has 0 N–H and O–H groups in total. The molecular formula is C24H28F2N8O4S. The smallest absolute Gasteiger partial charge is 0.289 e. The van der Waals surface area contributed by atoms with E-state index in [-0.39, 0.29) is 33.9 Å². The molecular weight excluding hydrogens is 534 g/mol. The molecule has 1 aromatic carbocycles. The van der Waals surface area contributed by atoms with Crippen molar-refractivity contribution in [2.24, 2.45) is 9.98 Å². The van der Waals surface area contributed by atoms with E-state index in [1.165, 1.54) is 17.7 Å². The minimum Gasteiger partial charge on any atom is -0.494 e. The van der Waals surface area contributed by atoms with Crippen molar-refractivity contribution in [1.82, 2.24) is 23.8 Å². The number of imidazole rings is 1. The highest BCUT2D eigenvalue weighted by Gasteiger charge is 2.48. The van der Waals surface area contributed by atoms with Crippen LogP contribution in [-0.4, -0.2) is 91.4 Å². The normalized spacial score (nSPS) is 22.6. The van der Waals surface area contributed by atoms with Crippen LogP contribution in [0.1, 0.15) is 24.6 Å². The highest BCUT2D eigenvalue weighted by molar-refractivity contribution is 7.88. The van der Waals surface area contributed by atoms with E-state index in [1.807, 2.05) is 9.47 Å². The summed E-state index contributed by atoms with van der Waals surface area (Å²) in [5, 5.41) is 0.509. The maximum atomic E-state index is 15.1. The molecule has 2 fully saturated rings. The third kappa shape index (κ3) is 4.41. The van der Waals surface area contributed by atoms with E-state index in [2.05, 4.69) is 20.0 Å². The molecule has 39 heavy (non-hydrogen) atoms. The summed E-state index contributed by atoms with van der Waals surface area (Å²) in [4.78, 5) is 24.6. The number of ether oxygens (including phenoxy) is 2. The van der Waals surface area contributed by atoms with Crippen LogP contribution in [0.2, 0.25) is 0 Å². The van der Waals surface area contributed by atoms with Gasteiger partial charge in [0.2, 0.25) is 16.0 Å². The molecule has 0 spiro atoms. The Kier molecular flexibility index (Phi) is 6.46. The molecule has 2 saturated heterocycles. The van der Waals surface area contributed by atoms with Gasteiger partial charge in [-0.15, -0.1) is 0 Å². The zero-order chi connectivity index (χ0) is 27.4. The lowest BCUT2D eigenvalue weighted by molar-refractivity contribution is 0.0557. The Hall–Kier alpha value is -3.30. The van der Waals surface area contributed by atoms with Crippen molar-refractivity contribution in [1.29, 1.82) is 0 Å². The fourth-order valence-corrected chi connectivity index (χ4v) is 6.22. The Bertz CT molecular complexity index is 1640. The lowest BCUT2D eigenvalue weighted by Gasteiger charge is -2.31. The summed E-state index contributed by atoms with van der Waals surface area (Å²) in [6.45, 7) is 2.59.